The Morgan fingerprint density at radius 2 is 2.00 bits per heavy atom. The third-order valence-corrected chi connectivity index (χ3v) is 3.43. The summed E-state index contributed by atoms with van der Waals surface area (Å²) in [5, 5.41) is 0.581. The minimum Gasteiger partial charge on any atom is -0.463 e. The highest BCUT2D eigenvalue weighted by Crippen LogP contribution is 2.14. The van der Waals surface area contributed by atoms with Gasteiger partial charge in [0.15, 0.2) is 5.78 Å². The average Bonchev–Trinajstić information content (AvgIpc) is 2.96. The van der Waals surface area contributed by atoms with Crippen molar-refractivity contribution in [2.24, 2.45) is 0 Å². The summed E-state index contributed by atoms with van der Waals surface area (Å²) in [5.74, 6) is -0.446. The number of hydrogen-bond donors (Lipinski definition) is 0. The number of ketones is 1. The first-order valence-electron chi connectivity index (χ1n) is 6.71. The lowest BCUT2D eigenvalue weighted by molar-refractivity contribution is -0.146. The number of ether oxygens (including phenoxy) is 2. The predicted octanol–water partition coefficient (Wildman–Crippen LogP) is 3.03. The fourth-order valence-electron chi connectivity index (χ4n) is 2.03. The van der Waals surface area contributed by atoms with Crippen molar-refractivity contribution >= 4 is 23.4 Å². The van der Waals surface area contributed by atoms with Gasteiger partial charge in [0, 0.05) is 23.6 Å². The van der Waals surface area contributed by atoms with E-state index in [1.807, 2.05) is 0 Å². The largest absolute Gasteiger partial charge is 0.463 e. The molecule has 0 radical (unpaired) electrons. The van der Waals surface area contributed by atoms with Crippen molar-refractivity contribution in [3.63, 3.8) is 0 Å². The molecule has 0 N–H and O–H groups in total. The molecule has 108 valence electrons. The number of rotatable bonds is 6. The normalized spacial score (nSPS) is 17.9. The van der Waals surface area contributed by atoms with E-state index in [1.54, 1.807) is 24.3 Å². The molecule has 0 saturated carbocycles. The monoisotopic (exact) mass is 296 g/mol. The van der Waals surface area contributed by atoms with Crippen LogP contribution in [0.1, 0.15) is 36.0 Å². The smallest absolute Gasteiger partial charge is 0.306 e. The van der Waals surface area contributed by atoms with E-state index < -0.39 is 0 Å². The molecule has 5 heteroatoms. The van der Waals surface area contributed by atoms with Crippen LogP contribution in [0.25, 0.3) is 0 Å². The summed E-state index contributed by atoms with van der Waals surface area (Å²) in [6.07, 6.45) is 2.19. The van der Waals surface area contributed by atoms with Crippen LogP contribution in [-0.2, 0) is 14.3 Å². The first-order valence-corrected chi connectivity index (χ1v) is 7.09. The first-order chi connectivity index (χ1) is 9.65. The van der Waals surface area contributed by atoms with E-state index in [0.29, 0.717) is 10.6 Å². The fourth-order valence-corrected chi connectivity index (χ4v) is 2.16. The lowest BCUT2D eigenvalue weighted by Crippen LogP contribution is -2.18. The van der Waals surface area contributed by atoms with Gasteiger partial charge in [-0.2, -0.15) is 0 Å². The molecule has 0 aliphatic carbocycles. The molecule has 1 aliphatic rings. The highest BCUT2D eigenvalue weighted by Gasteiger charge is 2.18. The van der Waals surface area contributed by atoms with Crippen molar-refractivity contribution in [1.82, 2.24) is 0 Å². The average molecular weight is 297 g/mol. The number of benzene rings is 1. The van der Waals surface area contributed by atoms with Gasteiger partial charge in [-0.05, 0) is 37.1 Å². The van der Waals surface area contributed by atoms with E-state index in [1.165, 1.54) is 0 Å². The summed E-state index contributed by atoms with van der Waals surface area (Å²) in [5.41, 5.74) is 0.557. The Hall–Kier alpha value is -1.39. The molecule has 1 heterocycles. The van der Waals surface area contributed by atoms with E-state index in [9.17, 15) is 9.59 Å². The minimum atomic E-state index is -0.359. The molecule has 2 rings (SSSR count). The van der Waals surface area contributed by atoms with E-state index in [4.69, 9.17) is 21.1 Å². The van der Waals surface area contributed by atoms with Crippen molar-refractivity contribution in [2.45, 2.75) is 31.8 Å². The molecule has 0 bridgehead atoms. The molecule has 1 atom stereocenters. The minimum absolute atomic E-state index is 0.0194. The predicted molar refractivity (Wildman–Crippen MR) is 74.9 cm³/mol. The van der Waals surface area contributed by atoms with Crippen molar-refractivity contribution in [3.05, 3.63) is 34.9 Å². The molecule has 1 aromatic carbocycles. The van der Waals surface area contributed by atoms with Gasteiger partial charge >= 0.3 is 5.97 Å². The molecular formula is C15H17ClO4. The molecule has 0 aromatic heterocycles. The van der Waals surface area contributed by atoms with Crippen molar-refractivity contribution in [3.8, 4) is 0 Å². The topological polar surface area (TPSA) is 52.6 Å². The van der Waals surface area contributed by atoms with Crippen LogP contribution in [0.5, 0.6) is 0 Å². The van der Waals surface area contributed by atoms with Crippen molar-refractivity contribution in [2.75, 3.05) is 13.2 Å². The highest BCUT2D eigenvalue weighted by atomic mass is 35.5. The van der Waals surface area contributed by atoms with Crippen molar-refractivity contribution in [1.29, 1.82) is 0 Å². The maximum Gasteiger partial charge on any atom is 0.306 e. The Balaban J connectivity index is 1.69. The third kappa shape index (κ3) is 4.62. The number of esters is 1. The second-order valence-electron chi connectivity index (χ2n) is 4.75. The van der Waals surface area contributed by atoms with Crippen LogP contribution in [0.15, 0.2) is 24.3 Å². The molecule has 1 unspecified atom stereocenters. The Labute approximate surface area is 123 Å². The van der Waals surface area contributed by atoms with Crippen LogP contribution < -0.4 is 0 Å². The van der Waals surface area contributed by atoms with Gasteiger partial charge in [0.25, 0.3) is 0 Å². The maximum atomic E-state index is 11.8. The van der Waals surface area contributed by atoms with Gasteiger partial charge in [-0.3, -0.25) is 9.59 Å². The zero-order valence-corrected chi connectivity index (χ0v) is 11.9. The third-order valence-electron chi connectivity index (χ3n) is 3.18. The van der Waals surface area contributed by atoms with Gasteiger partial charge in [-0.1, -0.05) is 11.6 Å². The van der Waals surface area contributed by atoms with Crippen LogP contribution in [0.2, 0.25) is 5.02 Å². The summed E-state index contributed by atoms with van der Waals surface area (Å²) in [6.45, 7) is 1.02. The van der Waals surface area contributed by atoms with E-state index >= 15 is 0 Å². The molecule has 1 aliphatic heterocycles. The van der Waals surface area contributed by atoms with Gasteiger partial charge in [0.1, 0.15) is 6.61 Å². The molecule has 0 amide bonds. The summed E-state index contributed by atoms with van der Waals surface area (Å²) < 4.78 is 10.4. The molecule has 20 heavy (non-hydrogen) atoms. The second kappa shape index (κ2) is 7.41. The van der Waals surface area contributed by atoms with Gasteiger partial charge in [-0.15, -0.1) is 0 Å². The second-order valence-corrected chi connectivity index (χ2v) is 5.18. The molecule has 1 fully saturated rings. The van der Waals surface area contributed by atoms with Crippen LogP contribution in [0.3, 0.4) is 0 Å². The van der Waals surface area contributed by atoms with E-state index in [-0.39, 0.29) is 37.3 Å². The maximum absolute atomic E-state index is 11.8. The van der Waals surface area contributed by atoms with E-state index in [2.05, 4.69) is 0 Å². The fraction of sp³-hybridized carbons (Fsp3) is 0.467. The Morgan fingerprint density at radius 3 is 2.65 bits per heavy atom. The van der Waals surface area contributed by atoms with Gasteiger partial charge in [0.05, 0.1) is 12.5 Å². The van der Waals surface area contributed by atoms with Gasteiger partial charge in [0.2, 0.25) is 0 Å². The molecular weight excluding hydrogens is 280 g/mol. The summed E-state index contributed by atoms with van der Waals surface area (Å²) in [6, 6.07) is 6.62. The van der Waals surface area contributed by atoms with Crippen LogP contribution >= 0.6 is 11.6 Å². The number of Topliss-reactive ketones (excluding diaryl/α,β-unsaturated/α-hetero) is 1. The van der Waals surface area contributed by atoms with Crippen LogP contribution in [-0.4, -0.2) is 31.1 Å². The molecule has 0 spiro atoms. The van der Waals surface area contributed by atoms with E-state index in [0.717, 1.165) is 19.4 Å². The summed E-state index contributed by atoms with van der Waals surface area (Å²) in [7, 11) is 0. The SMILES string of the molecule is O=C(CCC(=O)c1ccc(Cl)cc1)OCC1CCCO1. The van der Waals surface area contributed by atoms with Crippen LogP contribution in [0.4, 0.5) is 0 Å². The number of carbonyl (C=O) groups excluding carboxylic acids is 2. The highest BCUT2D eigenvalue weighted by molar-refractivity contribution is 6.30. The number of halogens is 1. The van der Waals surface area contributed by atoms with Crippen molar-refractivity contribution < 1.29 is 19.1 Å². The number of carbonyl (C=O) groups is 2. The summed E-state index contributed by atoms with van der Waals surface area (Å²) in [4.78, 5) is 23.4. The Bertz CT molecular complexity index is 463. The molecule has 1 aromatic rings. The Morgan fingerprint density at radius 1 is 1.25 bits per heavy atom. The van der Waals surface area contributed by atoms with Gasteiger partial charge < -0.3 is 9.47 Å². The molecule has 1 saturated heterocycles. The Kier molecular flexibility index (Phi) is 5.56. The zero-order valence-electron chi connectivity index (χ0n) is 11.1. The summed E-state index contributed by atoms with van der Waals surface area (Å²) >= 11 is 5.75. The number of hydrogen-bond acceptors (Lipinski definition) is 4. The zero-order chi connectivity index (χ0) is 14.4. The standard InChI is InChI=1S/C15H17ClO4/c16-12-5-3-11(4-6-12)14(17)7-8-15(18)20-10-13-2-1-9-19-13/h3-6,13H,1-2,7-10H2. The van der Waals surface area contributed by atoms with Gasteiger partial charge in [-0.25, -0.2) is 0 Å². The lowest BCUT2D eigenvalue weighted by Gasteiger charge is -2.09. The lowest BCUT2D eigenvalue weighted by atomic mass is 10.1. The van der Waals surface area contributed by atoms with Crippen LogP contribution in [0, 0.1) is 0 Å². The first kappa shape index (κ1) is 15.0. The molecule has 4 nitrogen and oxygen atoms in total. The quantitative estimate of drug-likeness (QED) is 0.598.